The van der Waals surface area contributed by atoms with Gasteiger partial charge < -0.3 is 5.32 Å². The molecule has 0 saturated heterocycles. The van der Waals surface area contributed by atoms with Crippen LogP contribution in [0.1, 0.15) is 32.3 Å². The molecule has 3 rings (SSSR count). The third kappa shape index (κ3) is 5.23. The van der Waals surface area contributed by atoms with Crippen LogP contribution in [0, 0.1) is 5.82 Å². The smallest absolute Gasteiger partial charge is 0.262 e. The van der Waals surface area contributed by atoms with Crippen LogP contribution >= 0.6 is 11.8 Å². The first-order valence-electron chi connectivity index (χ1n) is 9.68. The number of amides is 1. The number of hydrogen-bond acceptors (Lipinski definition) is 4. The highest BCUT2D eigenvalue weighted by atomic mass is 32.2. The maximum Gasteiger partial charge on any atom is 0.262 e. The molecule has 0 atom stereocenters. The van der Waals surface area contributed by atoms with Crippen molar-refractivity contribution in [1.82, 2.24) is 14.9 Å². The van der Waals surface area contributed by atoms with Crippen molar-refractivity contribution >= 4 is 28.6 Å². The molecule has 0 radical (unpaired) electrons. The molecule has 3 aromatic rings. The largest absolute Gasteiger partial charge is 0.353 e. The molecule has 0 aliphatic heterocycles. The first-order valence-corrected chi connectivity index (χ1v) is 10.7. The van der Waals surface area contributed by atoms with Gasteiger partial charge in [-0.15, -0.1) is 0 Å². The zero-order valence-electron chi connectivity index (χ0n) is 16.5. The molecule has 29 heavy (non-hydrogen) atoms. The van der Waals surface area contributed by atoms with Gasteiger partial charge in [0.25, 0.3) is 5.56 Å². The van der Waals surface area contributed by atoms with E-state index in [1.807, 2.05) is 19.9 Å². The van der Waals surface area contributed by atoms with Crippen LogP contribution in [-0.2, 0) is 11.3 Å². The number of carbonyl (C=O) groups excluding carboxylic acids is 1. The number of para-hydroxylation sites is 1. The van der Waals surface area contributed by atoms with Gasteiger partial charge in [-0.1, -0.05) is 49.9 Å². The average molecular weight is 414 g/mol. The van der Waals surface area contributed by atoms with E-state index in [2.05, 4.69) is 10.3 Å². The zero-order chi connectivity index (χ0) is 20.8. The third-order valence-electron chi connectivity index (χ3n) is 4.76. The first-order chi connectivity index (χ1) is 14.0. The van der Waals surface area contributed by atoms with Crippen molar-refractivity contribution in [2.75, 3.05) is 5.75 Å². The van der Waals surface area contributed by atoms with Crippen LogP contribution in [0.25, 0.3) is 10.9 Å². The van der Waals surface area contributed by atoms with Crippen molar-refractivity contribution in [3.05, 3.63) is 70.3 Å². The number of fused-ring (bicyclic) bond motifs is 1. The van der Waals surface area contributed by atoms with Gasteiger partial charge in [-0.3, -0.25) is 14.2 Å². The van der Waals surface area contributed by atoms with Crippen LogP contribution < -0.4 is 10.9 Å². The summed E-state index contributed by atoms with van der Waals surface area (Å²) in [5.41, 5.74) is 1.20. The van der Waals surface area contributed by atoms with E-state index in [0.717, 1.165) is 18.4 Å². The fourth-order valence-corrected chi connectivity index (χ4v) is 3.87. The summed E-state index contributed by atoms with van der Waals surface area (Å²) in [6, 6.07) is 13.3. The summed E-state index contributed by atoms with van der Waals surface area (Å²) in [5, 5.41) is 3.98. The molecule has 0 aliphatic rings. The number of rotatable bonds is 8. The quantitative estimate of drug-likeness (QED) is 0.448. The minimum absolute atomic E-state index is 0.0839. The summed E-state index contributed by atoms with van der Waals surface area (Å²) in [7, 11) is 0. The number of aromatic nitrogens is 2. The molecular formula is C22H24FN3O2S. The van der Waals surface area contributed by atoms with Crippen LogP contribution in [0.4, 0.5) is 4.39 Å². The topological polar surface area (TPSA) is 64.0 Å². The van der Waals surface area contributed by atoms with Crippen LogP contribution in [0.3, 0.4) is 0 Å². The Morgan fingerprint density at radius 3 is 2.52 bits per heavy atom. The average Bonchev–Trinajstić information content (AvgIpc) is 2.74. The van der Waals surface area contributed by atoms with Gasteiger partial charge in [0, 0.05) is 6.04 Å². The van der Waals surface area contributed by atoms with Gasteiger partial charge in [0.2, 0.25) is 5.91 Å². The van der Waals surface area contributed by atoms with Crippen LogP contribution in [-0.4, -0.2) is 27.3 Å². The lowest BCUT2D eigenvalue weighted by Gasteiger charge is -2.16. The second-order valence-corrected chi connectivity index (χ2v) is 7.74. The summed E-state index contributed by atoms with van der Waals surface area (Å²) in [4.78, 5) is 30.0. The summed E-state index contributed by atoms with van der Waals surface area (Å²) >= 11 is 1.24. The highest BCUT2D eigenvalue weighted by Gasteiger charge is 2.15. The van der Waals surface area contributed by atoms with Gasteiger partial charge in [0.05, 0.1) is 23.2 Å². The Kier molecular flexibility index (Phi) is 7.04. The minimum atomic E-state index is -0.328. The molecule has 0 bridgehead atoms. The molecule has 5 nitrogen and oxygen atoms in total. The van der Waals surface area contributed by atoms with E-state index in [0.29, 0.717) is 16.1 Å². The van der Waals surface area contributed by atoms with Gasteiger partial charge in [-0.05, 0) is 42.7 Å². The second kappa shape index (κ2) is 9.69. The Morgan fingerprint density at radius 1 is 1.14 bits per heavy atom. The molecule has 0 saturated carbocycles. The van der Waals surface area contributed by atoms with Crippen LogP contribution in [0.15, 0.2) is 58.5 Å². The molecule has 0 spiro atoms. The molecule has 0 unspecified atom stereocenters. The van der Waals surface area contributed by atoms with Crippen LogP contribution in [0.5, 0.6) is 0 Å². The maximum absolute atomic E-state index is 13.2. The molecular weight excluding hydrogens is 389 g/mol. The molecule has 1 amide bonds. The van der Waals surface area contributed by atoms with Gasteiger partial charge in [-0.2, -0.15) is 0 Å². The van der Waals surface area contributed by atoms with Crippen LogP contribution in [0.2, 0.25) is 0 Å². The Morgan fingerprint density at radius 2 is 1.83 bits per heavy atom. The number of hydrogen-bond donors (Lipinski definition) is 1. The monoisotopic (exact) mass is 413 g/mol. The number of carbonyl (C=O) groups is 1. The molecule has 152 valence electrons. The highest BCUT2D eigenvalue weighted by molar-refractivity contribution is 7.99. The van der Waals surface area contributed by atoms with E-state index < -0.39 is 0 Å². The molecule has 1 aromatic heterocycles. The molecule has 2 aromatic carbocycles. The molecule has 1 heterocycles. The number of thioether (sulfide) groups is 1. The standard InChI is InChI=1S/C22H24FN3O2S/c1-3-17(4-2)24-20(27)14-29-22-25-19-8-6-5-7-18(19)21(28)26(22)13-15-9-11-16(23)12-10-15/h5-12,17H,3-4,13-14H2,1-2H3,(H,24,27). The zero-order valence-corrected chi connectivity index (χ0v) is 17.3. The highest BCUT2D eigenvalue weighted by Crippen LogP contribution is 2.19. The number of nitrogens with zero attached hydrogens (tertiary/aromatic N) is 2. The summed E-state index contributed by atoms with van der Waals surface area (Å²) in [5.74, 6) is -0.241. The normalized spacial score (nSPS) is 11.2. The Labute approximate surface area is 173 Å². The van der Waals surface area contributed by atoms with Crippen molar-refractivity contribution in [3.8, 4) is 0 Å². The van der Waals surface area contributed by atoms with Crippen molar-refractivity contribution in [1.29, 1.82) is 0 Å². The van der Waals surface area contributed by atoms with Crippen molar-refractivity contribution in [2.45, 2.75) is 44.4 Å². The molecule has 1 N–H and O–H groups in total. The maximum atomic E-state index is 13.2. The lowest BCUT2D eigenvalue weighted by atomic mass is 10.2. The second-order valence-electron chi connectivity index (χ2n) is 6.80. The predicted molar refractivity (Wildman–Crippen MR) is 115 cm³/mol. The Balaban J connectivity index is 1.90. The summed E-state index contributed by atoms with van der Waals surface area (Å²) in [6.45, 7) is 4.33. The number of benzene rings is 2. The van der Waals surface area contributed by atoms with Crippen molar-refractivity contribution < 1.29 is 9.18 Å². The van der Waals surface area contributed by atoms with Gasteiger partial charge >= 0.3 is 0 Å². The molecule has 7 heteroatoms. The fourth-order valence-electron chi connectivity index (χ4n) is 3.06. The van der Waals surface area contributed by atoms with Gasteiger partial charge in [-0.25, -0.2) is 9.37 Å². The first kappa shape index (κ1) is 21.0. The molecule has 0 aliphatic carbocycles. The number of nitrogens with one attached hydrogen (secondary N) is 1. The van der Waals surface area contributed by atoms with Crippen molar-refractivity contribution in [2.24, 2.45) is 0 Å². The van der Waals surface area contributed by atoms with E-state index in [1.165, 1.54) is 23.9 Å². The Hall–Kier alpha value is -2.67. The lowest BCUT2D eigenvalue weighted by Crippen LogP contribution is -2.35. The van der Waals surface area contributed by atoms with E-state index in [4.69, 9.17) is 0 Å². The third-order valence-corrected chi connectivity index (χ3v) is 5.74. The van der Waals surface area contributed by atoms with E-state index in [-0.39, 0.29) is 35.6 Å². The predicted octanol–water partition coefficient (Wildman–Crippen LogP) is 3.98. The Bertz CT molecular complexity index is 1050. The van der Waals surface area contributed by atoms with E-state index in [1.54, 1.807) is 34.9 Å². The van der Waals surface area contributed by atoms with E-state index >= 15 is 0 Å². The van der Waals surface area contributed by atoms with E-state index in [9.17, 15) is 14.0 Å². The minimum Gasteiger partial charge on any atom is -0.353 e. The molecule has 0 fully saturated rings. The van der Waals surface area contributed by atoms with Gasteiger partial charge in [0.1, 0.15) is 5.82 Å². The van der Waals surface area contributed by atoms with Gasteiger partial charge in [0.15, 0.2) is 5.16 Å². The SMILES string of the molecule is CCC(CC)NC(=O)CSc1nc2ccccc2c(=O)n1Cc1ccc(F)cc1. The summed E-state index contributed by atoms with van der Waals surface area (Å²) < 4.78 is 14.8. The fraction of sp³-hybridized carbons (Fsp3) is 0.318. The summed E-state index contributed by atoms with van der Waals surface area (Å²) in [6.07, 6.45) is 1.74. The number of halogens is 1. The lowest BCUT2D eigenvalue weighted by molar-refractivity contribution is -0.119. The van der Waals surface area contributed by atoms with Crippen molar-refractivity contribution in [3.63, 3.8) is 0 Å².